The van der Waals surface area contributed by atoms with Crippen LogP contribution in [0.1, 0.15) is 11.3 Å². The Bertz CT molecular complexity index is 842. The standard InChI is InChI=1S/C17H25N5O2S/c1-18-17(22(3)13-16-9-6-10-21(16)2)19-12-14-7-5-8-15(11-14)20-25(4,23)24/h5-11,20H,12-13H2,1-4H3,(H,18,19). The van der Waals surface area contributed by atoms with Crippen molar-refractivity contribution in [3.05, 3.63) is 53.9 Å². The Labute approximate surface area is 149 Å². The van der Waals surface area contributed by atoms with Crippen LogP contribution in [0, 0.1) is 0 Å². The lowest BCUT2D eigenvalue weighted by Crippen LogP contribution is -2.38. The average molecular weight is 363 g/mol. The molecule has 0 spiro atoms. The number of aromatic nitrogens is 1. The van der Waals surface area contributed by atoms with Gasteiger partial charge in [-0.25, -0.2) is 8.42 Å². The van der Waals surface area contributed by atoms with E-state index in [1.165, 1.54) is 5.69 Å². The molecule has 0 aliphatic carbocycles. The largest absolute Gasteiger partial charge is 0.353 e. The van der Waals surface area contributed by atoms with Gasteiger partial charge in [-0.1, -0.05) is 12.1 Å². The van der Waals surface area contributed by atoms with E-state index in [1.807, 2.05) is 43.4 Å². The van der Waals surface area contributed by atoms with Gasteiger partial charge in [0.1, 0.15) is 0 Å². The van der Waals surface area contributed by atoms with Gasteiger partial charge in [0.2, 0.25) is 10.0 Å². The fraction of sp³-hybridized carbons (Fsp3) is 0.353. The first kappa shape index (κ1) is 18.9. The molecule has 2 N–H and O–H groups in total. The van der Waals surface area contributed by atoms with Crippen molar-refractivity contribution in [3.8, 4) is 0 Å². The van der Waals surface area contributed by atoms with Crippen LogP contribution in [0.15, 0.2) is 47.6 Å². The van der Waals surface area contributed by atoms with Crippen LogP contribution < -0.4 is 10.0 Å². The Hall–Kier alpha value is -2.48. The quantitative estimate of drug-likeness (QED) is 0.604. The lowest BCUT2D eigenvalue weighted by atomic mass is 10.2. The predicted octanol–water partition coefficient (Wildman–Crippen LogP) is 1.60. The van der Waals surface area contributed by atoms with E-state index >= 15 is 0 Å². The molecular formula is C17H25N5O2S. The zero-order valence-corrected chi connectivity index (χ0v) is 15.8. The van der Waals surface area contributed by atoms with Crippen molar-refractivity contribution < 1.29 is 8.42 Å². The fourth-order valence-electron chi connectivity index (χ4n) is 2.50. The first-order chi connectivity index (χ1) is 11.8. The minimum atomic E-state index is -3.28. The Morgan fingerprint density at radius 3 is 2.64 bits per heavy atom. The second-order valence-electron chi connectivity index (χ2n) is 5.94. The molecule has 0 aliphatic heterocycles. The van der Waals surface area contributed by atoms with Gasteiger partial charge in [-0.3, -0.25) is 9.71 Å². The van der Waals surface area contributed by atoms with Crippen LogP contribution in [0.2, 0.25) is 0 Å². The molecule has 136 valence electrons. The van der Waals surface area contributed by atoms with E-state index in [0.717, 1.165) is 24.3 Å². The van der Waals surface area contributed by atoms with Crippen molar-refractivity contribution in [3.63, 3.8) is 0 Å². The van der Waals surface area contributed by atoms with Crippen molar-refractivity contribution in [2.24, 2.45) is 12.0 Å². The SMILES string of the molecule is CN=C(NCc1cccc(NS(C)(=O)=O)c1)N(C)Cc1cccn1C. The molecule has 0 amide bonds. The Balaban J connectivity index is 1.99. The summed E-state index contributed by atoms with van der Waals surface area (Å²) in [6, 6.07) is 11.4. The highest BCUT2D eigenvalue weighted by Gasteiger charge is 2.09. The molecule has 0 unspecified atom stereocenters. The molecule has 0 fully saturated rings. The van der Waals surface area contributed by atoms with Gasteiger partial charge < -0.3 is 14.8 Å². The Kier molecular flexibility index (Phi) is 6.08. The van der Waals surface area contributed by atoms with Gasteiger partial charge >= 0.3 is 0 Å². The van der Waals surface area contributed by atoms with E-state index in [1.54, 1.807) is 19.2 Å². The van der Waals surface area contributed by atoms with E-state index in [2.05, 4.69) is 25.7 Å². The number of nitrogens with one attached hydrogen (secondary N) is 2. The number of benzene rings is 1. The summed E-state index contributed by atoms with van der Waals surface area (Å²) in [7, 11) is 2.45. The minimum Gasteiger partial charge on any atom is -0.353 e. The maximum absolute atomic E-state index is 11.3. The summed E-state index contributed by atoms with van der Waals surface area (Å²) in [5.41, 5.74) is 2.70. The van der Waals surface area contributed by atoms with Crippen molar-refractivity contribution >= 4 is 21.7 Å². The summed E-state index contributed by atoms with van der Waals surface area (Å²) in [4.78, 5) is 6.34. The van der Waals surface area contributed by atoms with Crippen LogP contribution in [0.25, 0.3) is 0 Å². The third-order valence-electron chi connectivity index (χ3n) is 3.70. The third-order valence-corrected chi connectivity index (χ3v) is 4.31. The number of aryl methyl sites for hydroxylation is 1. The Morgan fingerprint density at radius 2 is 2.04 bits per heavy atom. The first-order valence-corrected chi connectivity index (χ1v) is 9.76. The lowest BCUT2D eigenvalue weighted by Gasteiger charge is -2.22. The normalized spacial score (nSPS) is 12.1. The monoisotopic (exact) mass is 363 g/mol. The summed E-state index contributed by atoms with van der Waals surface area (Å²) < 4.78 is 27.2. The summed E-state index contributed by atoms with van der Waals surface area (Å²) in [5.74, 6) is 0.766. The van der Waals surface area contributed by atoms with Gasteiger partial charge in [-0.05, 0) is 29.8 Å². The van der Waals surface area contributed by atoms with E-state index in [9.17, 15) is 8.42 Å². The Morgan fingerprint density at radius 1 is 1.28 bits per heavy atom. The highest BCUT2D eigenvalue weighted by Crippen LogP contribution is 2.12. The average Bonchev–Trinajstić information content (AvgIpc) is 2.91. The van der Waals surface area contributed by atoms with Gasteiger partial charge in [-0.15, -0.1) is 0 Å². The number of sulfonamides is 1. The van der Waals surface area contributed by atoms with Gasteiger partial charge in [0.15, 0.2) is 5.96 Å². The summed E-state index contributed by atoms with van der Waals surface area (Å²) in [6.45, 7) is 1.28. The highest BCUT2D eigenvalue weighted by atomic mass is 32.2. The predicted molar refractivity (Wildman–Crippen MR) is 102 cm³/mol. The van der Waals surface area contributed by atoms with Crippen molar-refractivity contribution in [2.75, 3.05) is 25.1 Å². The summed E-state index contributed by atoms with van der Waals surface area (Å²) >= 11 is 0. The molecule has 2 aromatic rings. The molecule has 0 radical (unpaired) electrons. The van der Waals surface area contributed by atoms with Gasteiger partial charge in [0, 0.05) is 45.3 Å². The summed E-state index contributed by atoms with van der Waals surface area (Å²) in [5, 5.41) is 3.30. The number of hydrogen-bond acceptors (Lipinski definition) is 3. The van der Waals surface area contributed by atoms with E-state index in [4.69, 9.17) is 0 Å². The molecular weight excluding hydrogens is 338 g/mol. The van der Waals surface area contributed by atoms with E-state index in [0.29, 0.717) is 12.2 Å². The summed E-state index contributed by atoms with van der Waals surface area (Å²) in [6.07, 6.45) is 3.15. The van der Waals surface area contributed by atoms with Crippen LogP contribution >= 0.6 is 0 Å². The van der Waals surface area contributed by atoms with Gasteiger partial charge in [-0.2, -0.15) is 0 Å². The molecule has 0 saturated heterocycles. The van der Waals surface area contributed by atoms with Gasteiger partial charge in [0.05, 0.1) is 12.8 Å². The maximum Gasteiger partial charge on any atom is 0.229 e. The molecule has 1 aromatic carbocycles. The topological polar surface area (TPSA) is 78.7 Å². The number of nitrogens with zero attached hydrogens (tertiary/aromatic N) is 3. The molecule has 7 nitrogen and oxygen atoms in total. The smallest absolute Gasteiger partial charge is 0.229 e. The van der Waals surface area contributed by atoms with Crippen LogP contribution in [0.3, 0.4) is 0 Å². The van der Waals surface area contributed by atoms with Crippen molar-refractivity contribution in [1.82, 2.24) is 14.8 Å². The van der Waals surface area contributed by atoms with Crippen LogP contribution in [0.4, 0.5) is 5.69 Å². The zero-order valence-electron chi connectivity index (χ0n) is 15.0. The molecule has 8 heteroatoms. The first-order valence-electron chi connectivity index (χ1n) is 7.87. The minimum absolute atomic E-state index is 0.545. The third kappa shape index (κ3) is 5.82. The van der Waals surface area contributed by atoms with Crippen LogP contribution in [0.5, 0.6) is 0 Å². The number of aliphatic imine (C=N–C) groups is 1. The number of guanidine groups is 1. The van der Waals surface area contributed by atoms with E-state index in [-0.39, 0.29) is 0 Å². The van der Waals surface area contributed by atoms with Gasteiger partial charge in [0.25, 0.3) is 0 Å². The highest BCUT2D eigenvalue weighted by molar-refractivity contribution is 7.92. The number of hydrogen-bond donors (Lipinski definition) is 2. The molecule has 0 bridgehead atoms. The molecule has 25 heavy (non-hydrogen) atoms. The molecule has 2 rings (SSSR count). The van der Waals surface area contributed by atoms with Crippen molar-refractivity contribution in [2.45, 2.75) is 13.1 Å². The number of anilines is 1. The number of rotatable bonds is 6. The van der Waals surface area contributed by atoms with Crippen molar-refractivity contribution in [1.29, 1.82) is 0 Å². The van der Waals surface area contributed by atoms with Crippen LogP contribution in [-0.4, -0.2) is 44.2 Å². The fourth-order valence-corrected chi connectivity index (χ4v) is 3.06. The zero-order chi connectivity index (χ0) is 18.4. The lowest BCUT2D eigenvalue weighted by molar-refractivity contribution is 0.462. The maximum atomic E-state index is 11.3. The molecule has 0 aliphatic rings. The van der Waals surface area contributed by atoms with E-state index < -0.39 is 10.0 Å². The second-order valence-corrected chi connectivity index (χ2v) is 7.69. The van der Waals surface area contributed by atoms with Crippen LogP contribution in [-0.2, 0) is 30.2 Å². The second kappa shape index (κ2) is 8.06. The molecule has 1 heterocycles. The molecule has 1 aromatic heterocycles. The molecule has 0 saturated carbocycles. The molecule has 0 atom stereocenters.